The van der Waals surface area contributed by atoms with Crippen LogP contribution in [-0.4, -0.2) is 19.9 Å². The lowest BCUT2D eigenvalue weighted by molar-refractivity contribution is 0.398. The highest BCUT2D eigenvalue weighted by atomic mass is 16.3. The molecule has 3 rings (SSSR count). The predicted molar refractivity (Wildman–Crippen MR) is 67.1 cm³/mol. The molecule has 1 aliphatic rings. The Labute approximate surface area is 105 Å². The minimum Gasteiger partial charge on any atom is -0.508 e. The molecule has 2 aromatic rings. The minimum absolute atomic E-state index is 0.0374. The van der Waals surface area contributed by atoms with E-state index in [2.05, 4.69) is 10.2 Å². The number of hydrogen-bond acceptors (Lipinski definition) is 4. The Kier molecular flexibility index (Phi) is 2.76. The first-order valence-electron chi connectivity index (χ1n) is 6.21. The van der Waals surface area contributed by atoms with E-state index in [1.54, 1.807) is 6.07 Å². The van der Waals surface area contributed by atoms with Crippen LogP contribution in [-0.2, 0) is 12.8 Å². The van der Waals surface area contributed by atoms with Crippen molar-refractivity contribution in [2.24, 2.45) is 5.73 Å². The molecule has 18 heavy (non-hydrogen) atoms. The highest BCUT2D eigenvalue weighted by Crippen LogP contribution is 2.24. The van der Waals surface area contributed by atoms with E-state index in [4.69, 9.17) is 5.73 Å². The largest absolute Gasteiger partial charge is 0.508 e. The molecule has 1 aromatic carbocycles. The Hall–Kier alpha value is -1.88. The van der Waals surface area contributed by atoms with Gasteiger partial charge in [-0.3, -0.25) is 4.57 Å². The van der Waals surface area contributed by atoms with Crippen LogP contribution >= 0.6 is 0 Å². The first kappa shape index (κ1) is 11.2. The highest BCUT2D eigenvalue weighted by molar-refractivity contribution is 5.34. The summed E-state index contributed by atoms with van der Waals surface area (Å²) in [6.45, 7) is 0. The van der Waals surface area contributed by atoms with Crippen molar-refractivity contribution in [2.75, 3.05) is 0 Å². The molecule has 0 spiro atoms. The SMILES string of the molecule is NC1CCCc2nnc(Cc3ccccc3O)n21. The number of phenolic OH excluding ortho intramolecular Hbond substituents is 1. The maximum Gasteiger partial charge on any atom is 0.138 e. The van der Waals surface area contributed by atoms with Gasteiger partial charge in [0.05, 0.1) is 6.17 Å². The molecular weight excluding hydrogens is 228 g/mol. The second-order valence-corrected chi connectivity index (χ2v) is 4.67. The van der Waals surface area contributed by atoms with Crippen molar-refractivity contribution in [3.63, 3.8) is 0 Å². The lowest BCUT2D eigenvalue weighted by atomic mass is 10.1. The molecule has 0 amide bonds. The number of nitrogens with zero attached hydrogens (tertiary/aromatic N) is 3. The van der Waals surface area contributed by atoms with Gasteiger partial charge in [0.15, 0.2) is 0 Å². The number of phenols is 1. The third-order valence-corrected chi connectivity index (χ3v) is 3.41. The van der Waals surface area contributed by atoms with Gasteiger partial charge >= 0.3 is 0 Å². The topological polar surface area (TPSA) is 77.0 Å². The molecule has 5 nitrogen and oxygen atoms in total. The van der Waals surface area contributed by atoms with Crippen LogP contribution in [0.5, 0.6) is 5.75 Å². The van der Waals surface area contributed by atoms with Gasteiger partial charge in [-0.25, -0.2) is 0 Å². The van der Waals surface area contributed by atoms with E-state index in [0.29, 0.717) is 12.2 Å². The molecule has 1 aliphatic heterocycles. The third-order valence-electron chi connectivity index (χ3n) is 3.41. The number of rotatable bonds is 2. The Morgan fingerprint density at radius 1 is 1.33 bits per heavy atom. The van der Waals surface area contributed by atoms with Gasteiger partial charge in [0.1, 0.15) is 17.4 Å². The van der Waals surface area contributed by atoms with E-state index < -0.39 is 0 Å². The van der Waals surface area contributed by atoms with Gasteiger partial charge in [0.25, 0.3) is 0 Å². The normalized spacial score (nSPS) is 18.6. The lowest BCUT2D eigenvalue weighted by Crippen LogP contribution is -2.26. The summed E-state index contributed by atoms with van der Waals surface area (Å²) in [5.41, 5.74) is 6.96. The molecule has 5 heteroatoms. The summed E-state index contributed by atoms with van der Waals surface area (Å²) in [7, 11) is 0. The molecule has 3 N–H and O–H groups in total. The summed E-state index contributed by atoms with van der Waals surface area (Å²) in [5.74, 6) is 2.08. The zero-order chi connectivity index (χ0) is 12.5. The Morgan fingerprint density at radius 3 is 3.00 bits per heavy atom. The number of aryl methyl sites for hydroxylation is 1. The molecule has 0 aliphatic carbocycles. The van der Waals surface area contributed by atoms with Crippen molar-refractivity contribution < 1.29 is 5.11 Å². The van der Waals surface area contributed by atoms with E-state index in [0.717, 1.165) is 36.5 Å². The maximum absolute atomic E-state index is 9.79. The van der Waals surface area contributed by atoms with E-state index in [9.17, 15) is 5.11 Å². The molecule has 1 aromatic heterocycles. The van der Waals surface area contributed by atoms with Gasteiger partial charge < -0.3 is 10.8 Å². The number of aromatic hydroxyl groups is 1. The smallest absolute Gasteiger partial charge is 0.138 e. The molecule has 0 fully saturated rings. The van der Waals surface area contributed by atoms with Gasteiger partial charge in [0.2, 0.25) is 0 Å². The third kappa shape index (κ3) is 1.86. The molecule has 1 unspecified atom stereocenters. The van der Waals surface area contributed by atoms with Gasteiger partial charge in [0, 0.05) is 18.4 Å². The van der Waals surface area contributed by atoms with Gasteiger partial charge in [-0.1, -0.05) is 18.2 Å². The van der Waals surface area contributed by atoms with Crippen LogP contribution in [0.15, 0.2) is 24.3 Å². The van der Waals surface area contributed by atoms with Crippen LogP contribution in [0.3, 0.4) is 0 Å². The van der Waals surface area contributed by atoms with E-state index in [-0.39, 0.29) is 6.17 Å². The van der Waals surface area contributed by atoms with Crippen molar-refractivity contribution in [3.8, 4) is 5.75 Å². The Bertz CT molecular complexity index is 564. The summed E-state index contributed by atoms with van der Waals surface area (Å²) in [6, 6.07) is 7.29. The van der Waals surface area contributed by atoms with Gasteiger partial charge in [-0.2, -0.15) is 0 Å². The maximum atomic E-state index is 9.79. The zero-order valence-corrected chi connectivity index (χ0v) is 10.1. The van der Waals surface area contributed by atoms with Crippen molar-refractivity contribution >= 4 is 0 Å². The number of aromatic nitrogens is 3. The first-order valence-corrected chi connectivity index (χ1v) is 6.21. The van der Waals surface area contributed by atoms with Crippen molar-refractivity contribution in [1.29, 1.82) is 0 Å². The number of nitrogens with two attached hydrogens (primary N) is 1. The molecular formula is C13H16N4O. The number of para-hydroxylation sites is 1. The first-order chi connectivity index (χ1) is 8.75. The highest BCUT2D eigenvalue weighted by Gasteiger charge is 2.22. The number of benzene rings is 1. The van der Waals surface area contributed by atoms with Crippen molar-refractivity contribution in [2.45, 2.75) is 31.8 Å². The second kappa shape index (κ2) is 4.42. The average molecular weight is 244 g/mol. The van der Waals surface area contributed by atoms with Crippen LogP contribution < -0.4 is 5.73 Å². The van der Waals surface area contributed by atoms with Crippen LogP contribution in [0.2, 0.25) is 0 Å². The molecule has 2 heterocycles. The minimum atomic E-state index is -0.0374. The summed E-state index contributed by atoms with van der Waals surface area (Å²) >= 11 is 0. The van der Waals surface area contributed by atoms with Gasteiger partial charge in [-0.15, -0.1) is 10.2 Å². The summed E-state index contributed by atoms with van der Waals surface area (Å²) < 4.78 is 2.01. The molecule has 0 saturated heterocycles. The summed E-state index contributed by atoms with van der Waals surface area (Å²) in [5, 5.41) is 18.2. The van der Waals surface area contributed by atoms with Gasteiger partial charge in [-0.05, 0) is 18.9 Å². The Morgan fingerprint density at radius 2 is 2.17 bits per heavy atom. The van der Waals surface area contributed by atoms with Crippen LogP contribution in [0.25, 0.3) is 0 Å². The molecule has 94 valence electrons. The van der Waals surface area contributed by atoms with Crippen LogP contribution in [0.4, 0.5) is 0 Å². The Balaban J connectivity index is 1.95. The number of hydrogen-bond donors (Lipinski definition) is 2. The van der Waals surface area contributed by atoms with Crippen LogP contribution in [0.1, 0.15) is 36.2 Å². The standard InChI is InChI=1S/C13H16N4O/c14-11-6-3-7-12-15-16-13(17(11)12)8-9-4-1-2-5-10(9)18/h1-2,4-5,11,18H,3,6-8,14H2. The van der Waals surface area contributed by atoms with E-state index >= 15 is 0 Å². The summed E-state index contributed by atoms with van der Waals surface area (Å²) in [6.07, 6.45) is 3.48. The predicted octanol–water partition coefficient (Wildman–Crippen LogP) is 1.37. The fourth-order valence-corrected chi connectivity index (χ4v) is 2.46. The second-order valence-electron chi connectivity index (χ2n) is 4.67. The van der Waals surface area contributed by atoms with Crippen molar-refractivity contribution in [3.05, 3.63) is 41.5 Å². The zero-order valence-electron chi connectivity index (χ0n) is 10.1. The van der Waals surface area contributed by atoms with E-state index in [1.807, 2.05) is 22.8 Å². The summed E-state index contributed by atoms with van der Waals surface area (Å²) in [4.78, 5) is 0. The lowest BCUT2D eigenvalue weighted by Gasteiger charge is -2.22. The van der Waals surface area contributed by atoms with Crippen LogP contribution in [0, 0.1) is 0 Å². The molecule has 0 bridgehead atoms. The quantitative estimate of drug-likeness (QED) is 0.836. The molecule has 0 saturated carbocycles. The van der Waals surface area contributed by atoms with Crippen molar-refractivity contribution in [1.82, 2.24) is 14.8 Å². The fourth-order valence-electron chi connectivity index (χ4n) is 2.46. The monoisotopic (exact) mass is 244 g/mol. The fraction of sp³-hybridized carbons (Fsp3) is 0.385. The van der Waals surface area contributed by atoms with E-state index in [1.165, 1.54) is 0 Å². The molecule has 1 atom stereocenters. The average Bonchev–Trinajstić information content (AvgIpc) is 2.77. The molecule has 0 radical (unpaired) electrons. The number of fused-ring (bicyclic) bond motifs is 1.